The number of phenols is 2. The van der Waals surface area contributed by atoms with Crippen molar-refractivity contribution in [2.24, 2.45) is 17.8 Å². The summed E-state index contributed by atoms with van der Waals surface area (Å²) in [4.78, 5) is 52.4. The summed E-state index contributed by atoms with van der Waals surface area (Å²) in [6.07, 6.45) is -3.44. The van der Waals surface area contributed by atoms with Crippen molar-refractivity contribution in [2.75, 3.05) is 12.0 Å². The Morgan fingerprint density at radius 2 is 1.64 bits per heavy atom. The minimum absolute atomic E-state index is 0.0405. The molecule has 0 aromatic heterocycles. The summed E-state index contributed by atoms with van der Waals surface area (Å²) in [6, 6.07) is 9.00. The molecule has 238 valence electrons. The number of ether oxygens (including phenoxy) is 1. The maximum atomic E-state index is 13.9. The summed E-state index contributed by atoms with van der Waals surface area (Å²) >= 11 is 17.3. The number of hydrogen-bond acceptors (Lipinski definition) is 7. The van der Waals surface area contributed by atoms with E-state index in [1.54, 1.807) is 18.2 Å². The van der Waals surface area contributed by atoms with Gasteiger partial charge in [0.25, 0.3) is 11.8 Å². The van der Waals surface area contributed by atoms with Crippen molar-refractivity contribution in [3.05, 3.63) is 65.2 Å². The number of imide groups is 2. The average molecular weight is 732 g/mol. The number of phenolic OH excluding ortho intramolecular Hbond substituents is 2. The molecule has 15 heteroatoms. The Bertz CT molecular complexity index is 1650. The zero-order valence-electron chi connectivity index (χ0n) is 23.1. The Morgan fingerprint density at radius 3 is 2.29 bits per heavy atom. The van der Waals surface area contributed by atoms with Gasteiger partial charge in [0.15, 0.2) is 9.75 Å². The molecule has 2 saturated heterocycles. The summed E-state index contributed by atoms with van der Waals surface area (Å²) in [5.74, 6) is -8.17. The Balaban J connectivity index is 1.44. The van der Waals surface area contributed by atoms with Crippen LogP contribution in [0.25, 0.3) is 0 Å². The molecule has 2 N–H and O–H groups in total. The fourth-order valence-electron chi connectivity index (χ4n) is 7.25. The van der Waals surface area contributed by atoms with Crippen LogP contribution in [-0.2, 0) is 25.6 Å². The zero-order valence-corrected chi connectivity index (χ0v) is 26.2. The molecule has 3 fully saturated rings. The fraction of sp³-hybridized carbons (Fsp3) is 0.400. The highest BCUT2D eigenvalue weighted by atomic mass is 79.9. The van der Waals surface area contributed by atoms with Gasteiger partial charge in [-0.25, -0.2) is 0 Å². The van der Waals surface area contributed by atoms with Crippen LogP contribution in [0.1, 0.15) is 29.9 Å². The van der Waals surface area contributed by atoms with Gasteiger partial charge in [-0.3, -0.25) is 29.0 Å². The predicted molar refractivity (Wildman–Crippen MR) is 157 cm³/mol. The van der Waals surface area contributed by atoms with Gasteiger partial charge < -0.3 is 14.9 Å². The second-order valence-corrected chi connectivity index (χ2v) is 13.2. The van der Waals surface area contributed by atoms with Crippen LogP contribution < -0.4 is 4.74 Å². The molecular formula is C30H24BrCl2F3N2O7. The van der Waals surface area contributed by atoms with Crippen molar-refractivity contribution in [3.63, 3.8) is 0 Å². The van der Waals surface area contributed by atoms with E-state index < -0.39 is 74.9 Å². The minimum atomic E-state index is -5.08. The first-order chi connectivity index (χ1) is 21.1. The number of aromatic hydroxyl groups is 2. The highest BCUT2D eigenvalue weighted by Crippen LogP contribution is 2.66. The van der Waals surface area contributed by atoms with Crippen molar-refractivity contribution in [3.8, 4) is 17.2 Å². The van der Waals surface area contributed by atoms with Gasteiger partial charge in [0.05, 0.1) is 17.3 Å². The van der Waals surface area contributed by atoms with E-state index in [1.165, 1.54) is 12.1 Å². The standard InChI is InChI=1S/C30H24BrCl2F3N2O7/c31-13-38-26(43)28(32)12-20-17(23(29(28,33)27(38)44)19-11-16(5-8-21(19)40)45-30(34,35)36)6-7-18-22(20)25(42)37(24(18)41)10-9-14-1-3-15(39)4-2-14/h1-6,8,11,18,20,22-23,39-40H,7,9-10,12-13H2. The molecule has 6 unspecified atom stereocenters. The number of carbonyl (C=O) groups is 4. The van der Waals surface area contributed by atoms with Crippen LogP contribution in [0.4, 0.5) is 13.2 Å². The van der Waals surface area contributed by atoms with Gasteiger partial charge in [-0.05, 0) is 61.1 Å². The molecule has 6 rings (SSSR count). The maximum absolute atomic E-state index is 13.9. The van der Waals surface area contributed by atoms with Crippen molar-refractivity contribution >= 4 is 62.8 Å². The Hall–Kier alpha value is -3.29. The van der Waals surface area contributed by atoms with Crippen LogP contribution in [-0.4, -0.2) is 71.8 Å². The lowest BCUT2D eigenvalue weighted by molar-refractivity contribution is -0.274. The monoisotopic (exact) mass is 730 g/mol. The lowest BCUT2D eigenvalue weighted by Gasteiger charge is -2.50. The molecule has 0 radical (unpaired) electrons. The van der Waals surface area contributed by atoms with Crippen LogP contribution >= 0.6 is 39.1 Å². The largest absolute Gasteiger partial charge is 0.573 e. The summed E-state index contributed by atoms with van der Waals surface area (Å²) in [7, 11) is 0. The van der Waals surface area contributed by atoms with Crippen LogP contribution in [0.3, 0.4) is 0 Å². The predicted octanol–water partition coefficient (Wildman–Crippen LogP) is 4.95. The number of allylic oxidation sites excluding steroid dienone is 2. The molecule has 2 aliphatic heterocycles. The minimum Gasteiger partial charge on any atom is -0.508 e. The van der Waals surface area contributed by atoms with Gasteiger partial charge in [-0.15, -0.1) is 36.4 Å². The summed E-state index contributed by atoms with van der Waals surface area (Å²) in [6.45, 7) is 0.0405. The smallest absolute Gasteiger partial charge is 0.508 e. The van der Waals surface area contributed by atoms with Crippen LogP contribution in [0, 0.1) is 17.8 Å². The first-order valence-corrected chi connectivity index (χ1v) is 15.7. The van der Waals surface area contributed by atoms with Crippen molar-refractivity contribution in [1.29, 1.82) is 0 Å². The van der Waals surface area contributed by atoms with Crippen molar-refractivity contribution in [2.45, 2.75) is 41.3 Å². The Morgan fingerprint density at radius 1 is 0.956 bits per heavy atom. The average Bonchev–Trinajstić information content (AvgIpc) is 3.30. The second-order valence-electron chi connectivity index (χ2n) is 11.5. The van der Waals surface area contributed by atoms with Gasteiger partial charge in [0, 0.05) is 18.0 Å². The van der Waals surface area contributed by atoms with Crippen LogP contribution in [0.2, 0.25) is 0 Å². The SMILES string of the molecule is O=C1C2CC=C3C(CC4(Cl)C(=O)N(CBr)C(=O)C4(Cl)C3c3cc(OC(F)(F)F)ccc3O)C2C(=O)N1CCc1ccc(O)cc1. The van der Waals surface area contributed by atoms with E-state index in [9.17, 15) is 42.6 Å². The maximum Gasteiger partial charge on any atom is 0.573 e. The summed E-state index contributed by atoms with van der Waals surface area (Å²) in [5.41, 5.74) is 0.528. The summed E-state index contributed by atoms with van der Waals surface area (Å²) in [5, 5.41) is 20.5. The fourth-order valence-corrected chi connectivity index (χ4v) is 8.67. The van der Waals surface area contributed by atoms with E-state index in [0.29, 0.717) is 12.0 Å². The number of nitrogens with zero attached hydrogens (tertiary/aromatic N) is 2. The summed E-state index contributed by atoms with van der Waals surface area (Å²) < 4.78 is 43.6. The lowest BCUT2D eigenvalue weighted by Crippen LogP contribution is -2.60. The van der Waals surface area contributed by atoms with E-state index in [2.05, 4.69) is 20.7 Å². The van der Waals surface area contributed by atoms with E-state index in [0.717, 1.165) is 33.6 Å². The molecule has 2 heterocycles. The van der Waals surface area contributed by atoms with Crippen LogP contribution in [0.15, 0.2) is 54.1 Å². The number of hydrogen-bond donors (Lipinski definition) is 2. The van der Waals surface area contributed by atoms with E-state index in [4.69, 9.17) is 23.2 Å². The van der Waals surface area contributed by atoms with Gasteiger partial charge in [-0.1, -0.05) is 39.7 Å². The third kappa shape index (κ3) is 4.80. The quantitative estimate of drug-likeness (QED) is 0.187. The third-order valence-corrected chi connectivity index (χ3v) is 11.1. The molecule has 2 aliphatic carbocycles. The number of benzene rings is 2. The number of amides is 4. The van der Waals surface area contributed by atoms with E-state index >= 15 is 0 Å². The molecule has 0 bridgehead atoms. The third-order valence-electron chi connectivity index (χ3n) is 9.21. The van der Waals surface area contributed by atoms with E-state index in [1.807, 2.05) is 0 Å². The Labute approximate surface area is 272 Å². The molecule has 2 aromatic rings. The number of alkyl halides is 6. The van der Waals surface area contributed by atoms with E-state index in [-0.39, 0.29) is 36.2 Å². The highest BCUT2D eigenvalue weighted by molar-refractivity contribution is 9.09. The van der Waals surface area contributed by atoms with Gasteiger partial charge in [0.1, 0.15) is 17.2 Å². The zero-order chi connectivity index (χ0) is 32.6. The normalized spacial score (nSPS) is 31.1. The molecule has 4 amide bonds. The molecule has 9 nitrogen and oxygen atoms in total. The molecule has 45 heavy (non-hydrogen) atoms. The second kappa shape index (κ2) is 10.9. The lowest BCUT2D eigenvalue weighted by atomic mass is 9.56. The first-order valence-electron chi connectivity index (χ1n) is 13.8. The number of carbonyl (C=O) groups excluding carboxylic acids is 4. The highest BCUT2D eigenvalue weighted by Gasteiger charge is 2.76. The van der Waals surface area contributed by atoms with Crippen molar-refractivity contribution < 1.29 is 47.3 Å². The number of halogens is 6. The van der Waals surface area contributed by atoms with Crippen LogP contribution in [0.5, 0.6) is 17.2 Å². The first kappa shape index (κ1) is 31.7. The molecular weight excluding hydrogens is 708 g/mol. The van der Waals surface area contributed by atoms with Gasteiger partial charge in [-0.2, -0.15) is 0 Å². The topological polar surface area (TPSA) is 124 Å². The van der Waals surface area contributed by atoms with Gasteiger partial charge in [0.2, 0.25) is 11.8 Å². The molecule has 1 saturated carbocycles. The number of likely N-dealkylation sites (tertiary alicyclic amines) is 2. The molecule has 4 aliphatic rings. The number of rotatable bonds is 6. The van der Waals surface area contributed by atoms with Crippen molar-refractivity contribution in [1.82, 2.24) is 9.80 Å². The molecule has 0 spiro atoms. The Kier molecular flexibility index (Phi) is 7.68. The molecule has 2 aromatic carbocycles. The number of fused-ring (bicyclic) bond motifs is 4. The van der Waals surface area contributed by atoms with Gasteiger partial charge >= 0.3 is 6.36 Å². The molecule has 6 atom stereocenters.